The minimum Gasteiger partial charge on any atom is -0.497 e. The molecule has 0 aromatic heterocycles. The predicted octanol–water partition coefficient (Wildman–Crippen LogP) is 1.65. The van der Waals surface area contributed by atoms with Gasteiger partial charge in [-0.05, 0) is 24.1 Å². The third-order valence-electron chi connectivity index (χ3n) is 2.83. The van der Waals surface area contributed by atoms with E-state index in [-0.39, 0.29) is 6.42 Å². The van der Waals surface area contributed by atoms with E-state index in [9.17, 15) is 4.79 Å². The number of hydrogen-bond donors (Lipinski definition) is 1. The smallest absolute Gasteiger partial charge is 0.304 e. The Morgan fingerprint density at radius 2 is 2.05 bits per heavy atom. The van der Waals surface area contributed by atoms with Gasteiger partial charge in [-0.15, -0.1) is 6.42 Å². The fraction of sp³-hybridized carbons (Fsp3) is 0.400. The van der Waals surface area contributed by atoms with Gasteiger partial charge in [0, 0.05) is 13.1 Å². The zero-order valence-electron chi connectivity index (χ0n) is 11.1. The van der Waals surface area contributed by atoms with E-state index in [0.717, 1.165) is 18.7 Å². The highest BCUT2D eigenvalue weighted by atomic mass is 16.5. The van der Waals surface area contributed by atoms with Crippen molar-refractivity contribution in [1.29, 1.82) is 0 Å². The molecule has 0 fully saturated rings. The number of carboxylic acid groups (broad SMARTS) is 1. The van der Waals surface area contributed by atoms with Gasteiger partial charge in [-0.2, -0.15) is 0 Å². The van der Waals surface area contributed by atoms with Crippen molar-refractivity contribution in [2.24, 2.45) is 0 Å². The van der Waals surface area contributed by atoms with Crippen LogP contribution in [0, 0.1) is 12.3 Å². The Bertz CT molecular complexity index is 434. The molecule has 1 N–H and O–H groups in total. The first kappa shape index (κ1) is 15.1. The minimum absolute atomic E-state index is 0.115. The number of terminal acetylenes is 1. The van der Waals surface area contributed by atoms with Crippen molar-refractivity contribution in [3.63, 3.8) is 0 Å². The fourth-order valence-corrected chi connectivity index (χ4v) is 1.73. The van der Waals surface area contributed by atoms with Crippen LogP contribution in [0.2, 0.25) is 0 Å². The average Bonchev–Trinajstić information content (AvgIpc) is 2.42. The molecule has 102 valence electrons. The summed E-state index contributed by atoms with van der Waals surface area (Å²) in [7, 11) is 1.63. The van der Waals surface area contributed by atoms with E-state index < -0.39 is 5.97 Å². The normalized spacial score (nSPS) is 10.2. The lowest BCUT2D eigenvalue weighted by Gasteiger charge is -2.18. The topological polar surface area (TPSA) is 49.8 Å². The second-order valence-electron chi connectivity index (χ2n) is 4.22. The van der Waals surface area contributed by atoms with E-state index in [1.165, 1.54) is 5.56 Å². The first-order chi connectivity index (χ1) is 9.15. The Labute approximate surface area is 114 Å². The van der Waals surface area contributed by atoms with Gasteiger partial charge in [0.25, 0.3) is 0 Å². The highest BCUT2D eigenvalue weighted by Gasteiger charge is 2.06. The Kier molecular flexibility index (Phi) is 6.48. The van der Waals surface area contributed by atoms with E-state index in [1.54, 1.807) is 7.11 Å². The Balaban J connectivity index is 2.45. The molecule has 1 rings (SSSR count). The maximum atomic E-state index is 10.6. The van der Waals surface area contributed by atoms with Crippen LogP contribution in [-0.2, 0) is 11.2 Å². The second-order valence-corrected chi connectivity index (χ2v) is 4.22. The molecule has 0 aliphatic carbocycles. The average molecular weight is 261 g/mol. The van der Waals surface area contributed by atoms with E-state index in [2.05, 4.69) is 5.92 Å². The third kappa shape index (κ3) is 5.94. The minimum atomic E-state index is -0.800. The molecule has 1 aromatic carbocycles. The van der Waals surface area contributed by atoms with Crippen LogP contribution in [0.25, 0.3) is 0 Å². The van der Waals surface area contributed by atoms with Crippen LogP contribution in [0.1, 0.15) is 12.0 Å². The number of benzene rings is 1. The molecular weight excluding hydrogens is 242 g/mol. The molecule has 0 aliphatic rings. The van der Waals surface area contributed by atoms with Crippen molar-refractivity contribution in [1.82, 2.24) is 4.90 Å². The zero-order valence-corrected chi connectivity index (χ0v) is 11.1. The van der Waals surface area contributed by atoms with Gasteiger partial charge in [0.15, 0.2) is 0 Å². The van der Waals surface area contributed by atoms with Crippen LogP contribution in [0.4, 0.5) is 0 Å². The zero-order chi connectivity index (χ0) is 14.1. The van der Waals surface area contributed by atoms with E-state index >= 15 is 0 Å². The van der Waals surface area contributed by atoms with Crippen molar-refractivity contribution < 1.29 is 14.6 Å². The maximum Gasteiger partial charge on any atom is 0.304 e. The lowest BCUT2D eigenvalue weighted by atomic mass is 10.1. The standard InChI is InChI=1S/C15H19NO3/c1-3-10-16(12-9-15(17)18)11-8-13-4-6-14(19-2)7-5-13/h1,4-7H,8-12H2,2H3,(H,17,18). The quantitative estimate of drug-likeness (QED) is 0.723. The van der Waals surface area contributed by atoms with Gasteiger partial charge in [-0.1, -0.05) is 18.1 Å². The molecule has 0 bridgehead atoms. The second kappa shape index (κ2) is 8.17. The first-order valence-electron chi connectivity index (χ1n) is 6.16. The van der Waals surface area contributed by atoms with Gasteiger partial charge in [-0.3, -0.25) is 9.69 Å². The van der Waals surface area contributed by atoms with Crippen molar-refractivity contribution in [3.8, 4) is 18.1 Å². The molecule has 0 heterocycles. The number of carboxylic acids is 1. The Hall–Kier alpha value is -1.99. The summed E-state index contributed by atoms with van der Waals surface area (Å²) in [6.45, 7) is 1.71. The van der Waals surface area contributed by atoms with E-state index in [4.69, 9.17) is 16.3 Å². The van der Waals surface area contributed by atoms with Gasteiger partial charge in [0.1, 0.15) is 5.75 Å². The lowest BCUT2D eigenvalue weighted by molar-refractivity contribution is -0.137. The molecule has 0 saturated heterocycles. The maximum absolute atomic E-state index is 10.6. The summed E-state index contributed by atoms with van der Waals surface area (Å²) < 4.78 is 5.10. The summed E-state index contributed by atoms with van der Waals surface area (Å²) >= 11 is 0. The summed E-state index contributed by atoms with van der Waals surface area (Å²) in [4.78, 5) is 12.5. The number of nitrogens with zero attached hydrogens (tertiary/aromatic N) is 1. The van der Waals surface area contributed by atoms with Crippen LogP contribution in [-0.4, -0.2) is 42.7 Å². The summed E-state index contributed by atoms with van der Waals surface area (Å²) in [6.07, 6.45) is 6.24. The van der Waals surface area contributed by atoms with Crippen LogP contribution in [0.15, 0.2) is 24.3 Å². The SMILES string of the molecule is C#CCN(CCC(=O)O)CCc1ccc(OC)cc1. The van der Waals surface area contributed by atoms with Crippen molar-refractivity contribution in [2.45, 2.75) is 12.8 Å². The number of hydrogen-bond acceptors (Lipinski definition) is 3. The van der Waals surface area contributed by atoms with Gasteiger partial charge in [-0.25, -0.2) is 0 Å². The summed E-state index contributed by atoms with van der Waals surface area (Å²) in [6, 6.07) is 7.84. The Morgan fingerprint density at radius 1 is 1.37 bits per heavy atom. The molecule has 4 heteroatoms. The number of methoxy groups -OCH3 is 1. The number of aliphatic carboxylic acids is 1. The number of rotatable bonds is 8. The molecule has 0 unspecified atom stereocenters. The Morgan fingerprint density at radius 3 is 2.58 bits per heavy atom. The summed E-state index contributed by atoms with van der Waals surface area (Å²) in [5.74, 6) is 2.59. The molecular formula is C15H19NO3. The van der Waals surface area contributed by atoms with Crippen LogP contribution >= 0.6 is 0 Å². The highest BCUT2D eigenvalue weighted by Crippen LogP contribution is 2.12. The van der Waals surface area contributed by atoms with Crippen LogP contribution in [0.3, 0.4) is 0 Å². The monoisotopic (exact) mass is 261 g/mol. The molecule has 0 aliphatic heterocycles. The predicted molar refractivity (Wildman–Crippen MR) is 74.2 cm³/mol. The molecule has 0 spiro atoms. The molecule has 4 nitrogen and oxygen atoms in total. The molecule has 0 atom stereocenters. The van der Waals surface area contributed by atoms with E-state index in [1.807, 2.05) is 29.2 Å². The van der Waals surface area contributed by atoms with Gasteiger partial charge in [0.05, 0.1) is 20.1 Å². The summed E-state index contributed by atoms with van der Waals surface area (Å²) in [5.41, 5.74) is 1.18. The van der Waals surface area contributed by atoms with Crippen molar-refractivity contribution >= 4 is 5.97 Å². The first-order valence-corrected chi connectivity index (χ1v) is 6.16. The molecule has 19 heavy (non-hydrogen) atoms. The highest BCUT2D eigenvalue weighted by molar-refractivity contribution is 5.66. The largest absolute Gasteiger partial charge is 0.497 e. The fourth-order valence-electron chi connectivity index (χ4n) is 1.73. The van der Waals surface area contributed by atoms with Gasteiger partial charge >= 0.3 is 5.97 Å². The number of ether oxygens (including phenoxy) is 1. The van der Waals surface area contributed by atoms with Crippen molar-refractivity contribution in [2.75, 3.05) is 26.7 Å². The van der Waals surface area contributed by atoms with Gasteiger partial charge in [0.2, 0.25) is 0 Å². The number of carbonyl (C=O) groups is 1. The van der Waals surface area contributed by atoms with E-state index in [0.29, 0.717) is 13.1 Å². The van der Waals surface area contributed by atoms with Gasteiger partial charge < -0.3 is 9.84 Å². The molecule has 0 saturated carbocycles. The molecule has 0 radical (unpaired) electrons. The molecule has 1 aromatic rings. The third-order valence-corrected chi connectivity index (χ3v) is 2.83. The summed E-state index contributed by atoms with van der Waals surface area (Å²) in [5, 5.41) is 8.68. The van der Waals surface area contributed by atoms with Crippen LogP contribution < -0.4 is 4.74 Å². The lowest BCUT2D eigenvalue weighted by Crippen LogP contribution is -2.29. The molecule has 0 amide bonds. The van der Waals surface area contributed by atoms with Crippen molar-refractivity contribution in [3.05, 3.63) is 29.8 Å². The van der Waals surface area contributed by atoms with Crippen LogP contribution in [0.5, 0.6) is 5.75 Å².